The van der Waals surface area contributed by atoms with Gasteiger partial charge in [-0.3, -0.25) is 0 Å². The van der Waals surface area contributed by atoms with E-state index in [1.165, 1.54) is 6.42 Å². The third-order valence-electron chi connectivity index (χ3n) is 4.07. The molecule has 1 fully saturated rings. The monoisotopic (exact) mass is 328 g/mol. The number of fused-ring (bicyclic) bond motifs is 1. The first-order valence-electron chi connectivity index (χ1n) is 7.68. The van der Waals surface area contributed by atoms with E-state index in [0.29, 0.717) is 5.15 Å². The van der Waals surface area contributed by atoms with Crippen LogP contribution in [0, 0.1) is 5.92 Å². The minimum Gasteiger partial charge on any atom is -0.356 e. The van der Waals surface area contributed by atoms with E-state index >= 15 is 0 Å². The summed E-state index contributed by atoms with van der Waals surface area (Å²) in [4.78, 5) is 11.3. The SMILES string of the molecule is CC1CCN(c2cccc(Nc3cc(Cl)nn4ccnc34)n2)C1. The van der Waals surface area contributed by atoms with Crippen LogP contribution in [0.3, 0.4) is 0 Å². The Hall–Kier alpha value is -2.34. The number of aromatic nitrogens is 4. The molecule has 118 valence electrons. The van der Waals surface area contributed by atoms with E-state index in [0.717, 1.165) is 42.0 Å². The Morgan fingerprint density at radius 3 is 3.09 bits per heavy atom. The Bertz CT molecular complexity index is 845. The van der Waals surface area contributed by atoms with Gasteiger partial charge in [0.2, 0.25) is 0 Å². The average Bonchev–Trinajstić information content (AvgIpc) is 3.16. The number of halogens is 1. The summed E-state index contributed by atoms with van der Waals surface area (Å²) in [5.74, 6) is 2.49. The molecule has 6 nitrogen and oxygen atoms in total. The summed E-state index contributed by atoms with van der Waals surface area (Å²) in [6.45, 7) is 4.39. The van der Waals surface area contributed by atoms with Crippen molar-refractivity contribution in [3.63, 3.8) is 0 Å². The van der Waals surface area contributed by atoms with E-state index in [1.54, 1.807) is 23.0 Å². The van der Waals surface area contributed by atoms with E-state index < -0.39 is 0 Å². The highest BCUT2D eigenvalue weighted by Gasteiger charge is 2.20. The van der Waals surface area contributed by atoms with Crippen LogP contribution in [0.2, 0.25) is 5.15 Å². The molecule has 4 heterocycles. The Balaban J connectivity index is 1.64. The molecule has 0 saturated carbocycles. The molecule has 1 aliphatic rings. The predicted octanol–water partition coefficient (Wildman–Crippen LogP) is 3.37. The van der Waals surface area contributed by atoms with Crippen molar-refractivity contribution in [2.24, 2.45) is 5.92 Å². The maximum atomic E-state index is 6.07. The molecule has 0 aromatic carbocycles. The third-order valence-corrected chi connectivity index (χ3v) is 4.26. The second-order valence-electron chi connectivity index (χ2n) is 5.92. The molecule has 0 radical (unpaired) electrons. The molecular weight excluding hydrogens is 312 g/mol. The molecule has 0 spiro atoms. The number of imidazole rings is 1. The van der Waals surface area contributed by atoms with Crippen molar-refractivity contribution >= 4 is 34.6 Å². The minimum atomic E-state index is 0.405. The molecule has 23 heavy (non-hydrogen) atoms. The van der Waals surface area contributed by atoms with Gasteiger partial charge < -0.3 is 10.2 Å². The molecule has 0 amide bonds. The standard InChI is InChI=1S/C16H17ClN6/c1-11-5-7-22(10-11)15-4-2-3-14(20-15)19-12-9-13(17)21-23-8-6-18-16(12)23/h2-4,6,8-9,11H,5,7,10H2,1H3,(H,19,20). The maximum Gasteiger partial charge on any atom is 0.177 e. The lowest BCUT2D eigenvalue weighted by Gasteiger charge is -2.18. The van der Waals surface area contributed by atoms with Crippen LogP contribution in [0.15, 0.2) is 36.7 Å². The number of hydrogen-bond acceptors (Lipinski definition) is 5. The van der Waals surface area contributed by atoms with Gasteiger partial charge in [0.15, 0.2) is 10.8 Å². The highest BCUT2D eigenvalue weighted by molar-refractivity contribution is 6.29. The van der Waals surface area contributed by atoms with Gasteiger partial charge >= 0.3 is 0 Å². The molecule has 1 N–H and O–H groups in total. The van der Waals surface area contributed by atoms with Crippen molar-refractivity contribution in [3.05, 3.63) is 41.8 Å². The lowest BCUT2D eigenvalue weighted by atomic mass is 10.2. The molecule has 1 unspecified atom stereocenters. The van der Waals surface area contributed by atoms with Gasteiger partial charge in [-0.05, 0) is 24.5 Å². The number of nitrogens with one attached hydrogen (secondary N) is 1. The molecule has 0 bridgehead atoms. The zero-order chi connectivity index (χ0) is 15.8. The second-order valence-corrected chi connectivity index (χ2v) is 6.31. The van der Waals surface area contributed by atoms with Gasteiger partial charge in [-0.2, -0.15) is 5.10 Å². The van der Waals surface area contributed by atoms with Crippen molar-refractivity contribution in [1.29, 1.82) is 0 Å². The first-order valence-corrected chi connectivity index (χ1v) is 8.06. The molecule has 1 atom stereocenters. The summed E-state index contributed by atoms with van der Waals surface area (Å²) in [6.07, 6.45) is 4.68. The molecule has 0 aliphatic carbocycles. The van der Waals surface area contributed by atoms with Gasteiger partial charge in [0.05, 0.1) is 5.69 Å². The minimum absolute atomic E-state index is 0.405. The molecule has 3 aromatic heterocycles. The summed E-state index contributed by atoms with van der Waals surface area (Å²) in [6, 6.07) is 7.76. The average molecular weight is 329 g/mol. The summed E-state index contributed by atoms with van der Waals surface area (Å²) in [7, 11) is 0. The Labute approximate surface area is 139 Å². The van der Waals surface area contributed by atoms with Crippen molar-refractivity contribution in [1.82, 2.24) is 19.6 Å². The van der Waals surface area contributed by atoms with Crippen LogP contribution in [0.25, 0.3) is 5.65 Å². The van der Waals surface area contributed by atoms with Gasteiger partial charge in [-0.15, -0.1) is 0 Å². The molecule has 3 aromatic rings. The number of anilines is 3. The zero-order valence-corrected chi connectivity index (χ0v) is 13.5. The van der Waals surface area contributed by atoms with Crippen LogP contribution < -0.4 is 10.2 Å². The largest absolute Gasteiger partial charge is 0.356 e. The van der Waals surface area contributed by atoms with Crippen LogP contribution in [-0.2, 0) is 0 Å². The Kier molecular flexibility index (Phi) is 3.53. The fourth-order valence-corrected chi connectivity index (χ4v) is 3.12. The molecule has 7 heteroatoms. The summed E-state index contributed by atoms with van der Waals surface area (Å²) in [5, 5.41) is 7.89. The fourth-order valence-electron chi connectivity index (χ4n) is 2.93. The van der Waals surface area contributed by atoms with Crippen LogP contribution >= 0.6 is 11.6 Å². The summed E-state index contributed by atoms with van der Waals surface area (Å²) in [5.41, 5.74) is 1.51. The molecule has 1 aliphatic heterocycles. The highest BCUT2D eigenvalue weighted by Crippen LogP contribution is 2.26. The van der Waals surface area contributed by atoms with Crippen LogP contribution in [0.5, 0.6) is 0 Å². The maximum absolute atomic E-state index is 6.07. The number of hydrogen-bond donors (Lipinski definition) is 1. The van der Waals surface area contributed by atoms with Crippen molar-refractivity contribution < 1.29 is 0 Å². The van der Waals surface area contributed by atoms with E-state index in [-0.39, 0.29) is 0 Å². The zero-order valence-electron chi connectivity index (χ0n) is 12.8. The summed E-state index contributed by atoms with van der Waals surface area (Å²) >= 11 is 6.07. The number of nitrogens with zero attached hydrogens (tertiary/aromatic N) is 5. The first-order chi connectivity index (χ1) is 11.2. The van der Waals surface area contributed by atoms with Gasteiger partial charge in [0, 0.05) is 31.5 Å². The lowest BCUT2D eigenvalue weighted by Crippen LogP contribution is -2.20. The normalized spacial score (nSPS) is 17.8. The summed E-state index contributed by atoms with van der Waals surface area (Å²) < 4.78 is 1.65. The van der Waals surface area contributed by atoms with Gasteiger partial charge in [-0.1, -0.05) is 24.6 Å². The highest BCUT2D eigenvalue weighted by atomic mass is 35.5. The quantitative estimate of drug-likeness (QED) is 0.799. The fraction of sp³-hybridized carbons (Fsp3) is 0.312. The van der Waals surface area contributed by atoms with Crippen molar-refractivity contribution in [2.75, 3.05) is 23.3 Å². The topological polar surface area (TPSA) is 58.4 Å². The van der Waals surface area contributed by atoms with Gasteiger partial charge in [0.25, 0.3) is 0 Å². The van der Waals surface area contributed by atoms with Crippen molar-refractivity contribution in [2.45, 2.75) is 13.3 Å². The molecular formula is C16H17ClN6. The van der Waals surface area contributed by atoms with Gasteiger partial charge in [0.1, 0.15) is 11.6 Å². The third kappa shape index (κ3) is 2.82. The van der Waals surface area contributed by atoms with E-state index in [1.807, 2.05) is 18.2 Å². The second kappa shape index (κ2) is 5.70. The van der Waals surface area contributed by atoms with E-state index in [9.17, 15) is 0 Å². The van der Waals surface area contributed by atoms with E-state index in [4.69, 9.17) is 16.6 Å². The van der Waals surface area contributed by atoms with Crippen molar-refractivity contribution in [3.8, 4) is 0 Å². The smallest absolute Gasteiger partial charge is 0.177 e. The van der Waals surface area contributed by atoms with E-state index in [2.05, 4.69) is 27.2 Å². The predicted molar refractivity (Wildman–Crippen MR) is 91.5 cm³/mol. The number of rotatable bonds is 3. The Morgan fingerprint density at radius 2 is 2.26 bits per heavy atom. The van der Waals surface area contributed by atoms with Crippen LogP contribution in [0.1, 0.15) is 13.3 Å². The first kappa shape index (κ1) is 14.3. The number of pyridine rings is 1. The molecule has 4 rings (SSSR count). The van der Waals surface area contributed by atoms with Crippen LogP contribution in [-0.4, -0.2) is 32.7 Å². The molecule has 1 saturated heterocycles. The van der Waals surface area contributed by atoms with Crippen LogP contribution in [0.4, 0.5) is 17.3 Å². The lowest BCUT2D eigenvalue weighted by molar-refractivity contribution is 0.659. The Morgan fingerprint density at radius 1 is 1.35 bits per heavy atom. The van der Waals surface area contributed by atoms with Gasteiger partial charge in [-0.25, -0.2) is 14.5 Å².